The average molecular weight is 236 g/mol. The van der Waals surface area contributed by atoms with Crippen molar-refractivity contribution >= 4 is 22.4 Å². The fourth-order valence-corrected chi connectivity index (χ4v) is 2.11. The van der Waals surface area contributed by atoms with E-state index in [0.717, 1.165) is 5.69 Å². The highest BCUT2D eigenvalue weighted by atomic mass is 32.1. The van der Waals surface area contributed by atoms with E-state index in [-0.39, 0.29) is 5.82 Å². The predicted molar refractivity (Wildman–Crippen MR) is 56.2 cm³/mol. The number of nitrogens with one attached hydrogen (secondary N) is 2. The lowest BCUT2D eigenvalue weighted by atomic mass is 10.3. The number of nitrogens with zero attached hydrogens (tertiary/aromatic N) is 4. The lowest BCUT2D eigenvalue weighted by Crippen LogP contribution is -2.13. The van der Waals surface area contributed by atoms with Crippen LogP contribution in [0.25, 0.3) is 0 Å². The summed E-state index contributed by atoms with van der Waals surface area (Å²) in [7, 11) is 0. The van der Waals surface area contributed by atoms with Crippen molar-refractivity contribution in [3.8, 4) is 0 Å². The van der Waals surface area contributed by atoms with E-state index >= 15 is 0 Å². The molecule has 0 aromatic carbocycles. The Labute approximate surface area is 94.3 Å². The van der Waals surface area contributed by atoms with Gasteiger partial charge in [0.15, 0.2) is 5.13 Å². The van der Waals surface area contributed by atoms with Crippen LogP contribution in [0.1, 0.15) is 35.1 Å². The van der Waals surface area contributed by atoms with Crippen molar-refractivity contribution in [3.63, 3.8) is 0 Å². The molecule has 0 saturated heterocycles. The Balaban J connectivity index is 1.71. The van der Waals surface area contributed by atoms with Crippen molar-refractivity contribution in [2.24, 2.45) is 0 Å². The van der Waals surface area contributed by atoms with Crippen molar-refractivity contribution in [2.75, 3.05) is 5.32 Å². The number of anilines is 1. The fourth-order valence-electron chi connectivity index (χ4n) is 1.32. The number of carbonyl (C=O) groups is 1. The molecule has 1 aliphatic carbocycles. The SMILES string of the molecule is O=C(Nc1nc(C2CC2)cs1)c1nn[nH]n1. The topological polar surface area (TPSA) is 96.5 Å². The second-order valence-electron chi connectivity index (χ2n) is 3.54. The third-order valence-electron chi connectivity index (χ3n) is 2.29. The Morgan fingerprint density at radius 3 is 3.12 bits per heavy atom. The van der Waals surface area contributed by atoms with Crippen molar-refractivity contribution in [2.45, 2.75) is 18.8 Å². The van der Waals surface area contributed by atoms with E-state index < -0.39 is 5.91 Å². The second-order valence-corrected chi connectivity index (χ2v) is 4.40. The van der Waals surface area contributed by atoms with Crippen LogP contribution >= 0.6 is 11.3 Å². The average Bonchev–Trinajstić information content (AvgIpc) is 2.82. The Morgan fingerprint density at radius 2 is 2.44 bits per heavy atom. The highest BCUT2D eigenvalue weighted by Gasteiger charge is 2.26. The van der Waals surface area contributed by atoms with Crippen molar-refractivity contribution < 1.29 is 4.79 Å². The maximum atomic E-state index is 11.5. The molecule has 1 amide bonds. The first-order valence-electron chi connectivity index (χ1n) is 4.83. The van der Waals surface area contributed by atoms with Gasteiger partial charge in [0, 0.05) is 11.3 Å². The van der Waals surface area contributed by atoms with Crippen LogP contribution in [0, 0.1) is 0 Å². The monoisotopic (exact) mass is 236 g/mol. The molecule has 2 aromatic rings. The fraction of sp³-hybridized carbons (Fsp3) is 0.375. The molecule has 1 aliphatic rings. The summed E-state index contributed by atoms with van der Waals surface area (Å²) in [6, 6.07) is 0. The van der Waals surface area contributed by atoms with Crippen LogP contribution in [0.4, 0.5) is 5.13 Å². The largest absolute Gasteiger partial charge is 0.299 e. The molecular formula is C8H8N6OS. The summed E-state index contributed by atoms with van der Waals surface area (Å²) in [5.74, 6) is 0.209. The van der Waals surface area contributed by atoms with Crippen LogP contribution in [0.15, 0.2) is 5.38 Å². The Hall–Kier alpha value is -1.83. The van der Waals surface area contributed by atoms with E-state index in [4.69, 9.17) is 0 Å². The molecule has 0 aliphatic heterocycles. The van der Waals surface area contributed by atoms with E-state index in [1.165, 1.54) is 24.2 Å². The van der Waals surface area contributed by atoms with E-state index in [9.17, 15) is 4.79 Å². The summed E-state index contributed by atoms with van der Waals surface area (Å²) in [6.07, 6.45) is 2.39. The van der Waals surface area contributed by atoms with Gasteiger partial charge in [-0.05, 0) is 18.1 Å². The minimum Gasteiger partial charge on any atom is -0.295 e. The molecule has 1 saturated carbocycles. The maximum Gasteiger partial charge on any atom is 0.299 e. The molecule has 1 fully saturated rings. The first-order valence-corrected chi connectivity index (χ1v) is 5.71. The highest BCUT2D eigenvalue weighted by molar-refractivity contribution is 7.14. The van der Waals surface area contributed by atoms with Gasteiger partial charge in [-0.3, -0.25) is 10.1 Å². The molecule has 2 heterocycles. The summed E-state index contributed by atoms with van der Waals surface area (Å²) >= 11 is 1.41. The normalized spacial score (nSPS) is 15.0. The van der Waals surface area contributed by atoms with E-state index in [1.54, 1.807) is 0 Å². The van der Waals surface area contributed by atoms with Crippen LogP contribution in [-0.2, 0) is 0 Å². The van der Waals surface area contributed by atoms with Gasteiger partial charge in [0.1, 0.15) is 0 Å². The molecule has 0 radical (unpaired) electrons. The Kier molecular flexibility index (Phi) is 2.13. The molecule has 3 rings (SSSR count). The molecule has 2 N–H and O–H groups in total. The summed E-state index contributed by atoms with van der Waals surface area (Å²) in [5, 5.41) is 17.9. The number of thiazole rings is 1. The van der Waals surface area contributed by atoms with Crippen LogP contribution in [0.5, 0.6) is 0 Å². The molecule has 82 valence electrons. The van der Waals surface area contributed by atoms with Crippen molar-refractivity contribution in [1.29, 1.82) is 0 Å². The number of tetrazole rings is 1. The number of hydrogen-bond donors (Lipinski definition) is 2. The van der Waals surface area contributed by atoms with E-state index in [2.05, 4.69) is 30.9 Å². The number of hydrogen-bond acceptors (Lipinski definition) is 6. The van der Waals surface area contributed by atoms with Gasteiger partial charge in [-0.25, -0.2) is 4.98 Å². The molecule has 0 spiro atoms. The first kappa shape index (κ1) is 9.40. The molecule has 0 unspecified atom stereocenters. The molecule has 0 bridgehead atoms. The molecule has 16 heavy (non-hydrogen) atoms. The summed E-state index contributed by atoms with van der Waals surface area (Å²) in [4.78, 5) is 15.9. The van der Waals surface area contributed by atoms with Gasteiger partial charge in [-0.2, -0.15) is 5.21 Å². The first-order chi connectivity index (χ1) is 7.83. The zero-order valence-electron chi connectivity index (χ0n) is 8.17. The van der Waals surface area contributed by atoms with Gasteiger partial charge in [0.05, 0.1) is 5.69 Å². The Morgan fingerprint density at radius 1 is 1.56 bits per heavy atom. The number of aromatic amines is 1. The van der Waals surface area contributed by atoms with Crippen molar-refractivity contribution in [1.82, 2.24) is 25.6 Å². The molecular weight excluding hydrogens is 228 g/mol. The quantitative estimate of drug-likeness (QED) is 0.821. The Bertz CT molecular complexity index is 502. The van der Waals surface area contributed by atoms with Crippen LogP contribution in [0.2, 0.25) is 0 Å². The smallest absolute Gasteiger partial charge is 0.295 e. The summed E-state index contributed by atoms with van der Waals surface area (Å²) in [6.45, 7) is 0. The van der Waals surface area contributed by atoms with Crippen LogP contribution in [0.3, 0.4) is 0 Å². The molecule has 0 atom stereocenters. The predicted octanol–water partition coefficient (Wildman–Crippen LogP) is 0.786. The van der Waals surface area contributed by atoms with Gasteiger partial charge >= 0.3 is 0 Å². The van der Waals surface area contributed by atoms with Crippen molar-refractivity contribution in [3.05, 3.63) is 16.9 Å². The van der Waals surface area contributed by atoms with Crippen LogP contribution < -0.4 is 5.32 Å². The number of amides is 1. The third kappa shape index (κ3) is 1.78. The lowest BCUT2D eigenvalue weighted by molar-refractivity contribution is 0.101. The van der Waals surface area contributed by atoms with Gasteiger partial charge < -0.3 is 0 Å². The highest BCUT2D eigenvalue weighted by Crippen LogP contribution is 2.40. The summed E-state index contributed by atoms with van der Waals surface area (Å²) in [5.41, 5.74) is 1.06. The van der Waals surface area contributed by atoms with E-state index in [1.807, 2.05) is 5.38 Å². The van der Waals surface area contributed by atoms with Crippen LogP contribution in [-0.4, -0.2) is 31.5 Å². The molecule has 2 aromatic heterocycles. The number of aromatic nitrogens is 5. The number of rotatable bonds is 3. The molecule has 7 nitrogen and oxygen atoms in total. The standard InChI is InChI=1S/C8H8N6OS/c15-7(6-11-13-14-12-6)10-8-9-5(3-16-8)4-1-2-4/h3-4H,1-2H2,(H,9,10,15)(H,11,12,13,14). The minimum absolute atomic E-state index is 0.0168. The summed E-state index contributed by atoms with van der Waals surface area (Å²) < 4.78 is 0. The van der Waals surface area contributed by atoms with Gasteiger partial charge in [0.25, 0.3) is 11.7 Å². The minimum atomic E-state index is -0.398. The maximum absolute atomic E-state index is 11.5. The number of H-pyrrole nitrogens is 1. The zero-order chi connectivity index (χ0) is 11.0. The lowest BCUT2D eigenvalue weighted by Gasteiger charge is -1.95. The zero-order valence-corrected chi connectivity index (χ0v) is 8.99. The van der Waals surface area contributed by atoms with Gasteiger partial charge in [-0.1, -0.05) is 0 Å². The number of carbonyl (C=O) groups excluding carboxylic acids is 1. The second kappa shape index (κ2) is 3.63. The third-order valence-corrected chi connectivity index (χ3v) is 3.06. The van der Waals surface area contributed by atoms with E-state index in [0.29, 0.717) is 11.0 Å². The molecule has 8 heteroatoms. The van der Waals surface area contributed by atoms with Gasteiger partial charge in [-0.15, -0.1) is 21.5 Å². The van der Waals surface area contributed by atoms with Gasteiger partial charge in [0.2, 0.25) is 0 Å².